The molecule has 0 saturated carbocycles. The van der Waals surface area contributed by atoms with Gasteiger partial charge in [0, 0.05) is 42.4 Å². The standard InChI is InChI=1S/C18H30N2O3/c1-5-20-9-7-15-17(13(20)2)16(22-3)11-14(18(15)23-4)12-19-8-6-10-21/h11,13,19,21H,5-10,12H2,1-4H3. The highest BCUT2D eigenvalue weighted by Gasteiger charge is 2.30. The second kappa shape index (κ2) is 8.52. The van der Waals surface area contributed by atoms with Gasteiger partial charge in [0.05, 0.1) is 14.2 Å². The van der Waals surface area contributed by atoms with Crippen molar-refractivity contribution >= 4 is 0 Å². The summed E-state index contributed by atoms with van der Waals surface area (Å²) in [4.78, 5) is 2.46. The summed E-state index contributed by atoms with van der Waals surface area (Å²) in [6.45, 7) is 8.25. The maximum atomic E-state index is 8.89. The minimum absolute atomic E-state index is 0.210. The SMILES string of the molecule is CCN1CCc2c(OC)c(CNCCCO)cc(OC)c2C1C. The van der Waals surface area contributed by atoms with E-state index in [0.29, 0.717) is 6.04 Å². The van der Waals surface area contributed by atoms with E-state index in [1.807, 2.05) is 0 Å². The Kier molecular flexibility index (Phi) is 6.69. The fourth-order valence-corrected chi connectivity index (χ4v) is 3.52. The van der Waals surface area contributed by atoms with Gasteiger partial charge in [0.15, 0.2) is 0 Å². The fraction of sp³-hybridized carbons (Fsp3) is 0.667. The molecule has 1 aliphatic heterocycles. The molecule has 0 fully saturated rings. The summed E-state index contributed by atoms with van der Waals surface area (Å²) in [7, 11) is 3.48. The number of fused-ring (bicyclic) bond motifs is 1. The number of ether oxygens (including phenoxy) is 2. The van der Waals surface area contributed by atoms with Gasteiger partial charge in [0.25, 0.3) is 0 Å². The summed E-state index contributed by atoms with van der Waals surface area (Å²) in [5.74, 6) is 1.94. The zero-order chi connectivity index (χ0) is 16.8. The van der Waals surface area contributed by atoms with Crippen LogP contribution in [-0.2, 0) is 13.0 Å². The van der Waals surface area contributed by atoms with Crippen LogP contribution < -0.4 is 14.8 Å². The van der Waals surface area contributed by atoms with Gasteiger partial charge >= 0.3 is 0 Å². The van der Waals surface area contributed by atoms with Gasteiger partial charge in [-0.1, -0.05) is 6.92 Å². The number of aliphatic hydroxyl groups is 1. The first-order valence-electron chi connectivity index (χ1n) is 8.50. The Morgan fingerprint density at radius 2 is 2.13 bits per heavy atom. The lowest BCUT2D eigenvalue weighted by atomic mass is 9.89. The van der Waals surface area contributed by atoms with E-state index in [-0.39, 0.29) is 6.61 Å². The largest absolute Gasteiger partial charge is 0.496 e. The minimum Gasteiger partial charge on any atom is -0.496 e. The molecule has 0 bridgehead atoms. The number of hydrogen-bond acceptors (Lipinski definition) is 5. The Morgan fingerprint density at radius 1 is 1.35 bits per heavy atom. The molecule has 1 aliphatic rings. The van der Waals surface area contributed by atoms with Gasteiger partial charge in [-0.05, 0) is 38.9 Å². The zero-order valence-electron chi connectivity index (χ0n) is 14.8. The third kappa shape index (κ3) is 3.79. The maximum Gasteiger partial charge on any atom is 0.127 e. The van der Waals surface area contributed by atoms with Crippen molar-refractivity contribution in [2.24, 2.45) is 0 Å². The third-order valence-corrected chi connectivity index (χ3v) is 4.73. The lowest BCUT2D eigenvalue weighted by molar-refractivity contribution is 0.202. The van der Waals surface area contributed by atoms with Crippen molar-refractivity contribution in [3.05, 3.63) is 22.8 Å². The first-order valence-corrected chi connectivity index (χ1v) is 8.50. The molecule has 130 valence electrons. The van der Waals surface area contributed by atoms with Crippen molar-refractivity contribution in [3.63, 3.8) is 0 Å². The van der Waals surface area contributed by atoms with E-state index in [1.54, 1.807) is 14.2 Å². The number of nitrogens with one attached hydrogen (secondary N) is 1. The molecule has 23 heavy (non-hydrogen) atoms. The van der Waals surface area contributed by atoms with E-state index in [2.05, 4.69) is 30.1 Å². The topological polar surface area (TPSA) is 54.0 Å². The van der Waals surface area contributed by atoms with Crippen molar-refractivity contribution in [3.8, 4) is 11.5 Å². The molecule has 0 aromatic heterocycles. The van der Waals surface area contributed by atoms with Crippen LogP contribution in [0.25, 0.3) is 0 Å². The molecular formula is C18H30N2O3. The minimum atomic E-state index is 0.210. The monoisotopic (exact) mass is 322 g/mol. The molecule has 1 aromatic rings. The van der Waals surface area contributed by atoms with Crippen LogP contribution in [0.5, 0.6) is 11.5 Å². The quantitative estimate of drug-likeness (QED) is 0.718. The van der Waals surface area contributed by atoms with Crippen LogP contribution in [0, 0.1) is 0 Å². The number of benzene rings is 1. The van der Waals surface area contributed by atoms with E-state index in [0.717, 1.165) is 56.1 Å². The Morgan fingerprint density at radius 3 is 2.74 bits per heavy atom. The molecule has 5 nitrogen and oxygen atoms in total. The molecule has 0 amide bonds. The van der Waals surface area contributed by atoms with Gasteiger partial charge < -0.3 is 19.9 Å². The van der Waals surface area contributed by atoms with Gasteiger partial charge in [-0.2, -0.15) is 0 Å². The molecule has 1 atom stereocenters. The summed E-state index contributed by atoms with van der Waals surface area (Å²) in [6.07, 6.45) is 1.74. The highest BCUT2D eigenvalue weighted by molar-refractivity contribution is 5.56. The van der Waals surface area contributed by atoms with Gasteiger partial charge in [-0.3, -0.25) is 4.90 Å². The second-order valence-electron chi connectivity index (χ2n) is 5.97. The number of methoxy groups -OCH3 is 2. The van der Waals surface area contributed by atoms with E-state index >= 15 is 0 Å². The van der Waals surface area contributed by atoms with Gasteiger partial charge in [0.2, 0.25) is 0 Å². The molecule has 1 unspecified atom stereocenters. The van der Waals surface area contributed by atoms with Crippen LogP contribution in [-0.4, -0.2) is 50.5 Å². The van der Waals surface area contributed by atoms with Crippen molar-refractivity contribution in [1.82, 2.24) is 10.2 Å². The average molecular weight is 322 g/mol. The number of hydrogen-bond donors (Lipinski definition) is 2. The van der Waals surface area contributed by atoms with Crippen LogP contribution in [0.2, 0.25) is 0 Å². The molecular weight excluding hydrogens is 292 g/mol. The second-order valence-corrected chi connectivity index (χ2v) is 5.97. The Hall–Kier alpha value is -1.30. The molecule has 0 radical (unpaired) electrons. The Labute approximate surface area is 139 Å². The third-order valence-electron chi connectivity index (χ3n) is 4.73. The van der Waals surface area contributed by atoms with Crippen molar-refractivity contribution in [2.45, 2.75) is 39.3 Å². The number of likely N-dealkylation sites (N-methyl/N-ethyl adjacent to an activating group) is 1. The van der Waals surface area contributed by atoms with E-state index in [9.17, 15) is 0 Å². The fourth-order valence-electron chi connectivity index (χ4n) is 3.52. The molecule has 0 aliphatic carbocycles. The van der Waals surface area contributed by atoms with Crippen LogP contribution in [0.1, 0.15) is 43.0 Å². The maximum absolute atomic E-state index is 8.89. The number of aliphatic hydroxyl groups excluding tert-OH is 1. The molecule has 5 heteroatoms. The average Bonchev–Trinajstić information content (AvgIpc) is 2.58. The molecule has 1 aromatic carbocycles. The lowest BCUT2D eigenvalue weighted by Gasteiger charge is -2.36. The number of nitrogens with zero attached hydrogens (tertiary/aromatic N) is 1. The number of rotatable bonds is 8. The zero-order valence-corrected chi connectivity index (χ0v) is 14.8. The smallest absolute Gasteiger partial charge is 0.127 e. The van der Waals surface area contributed by atoms with Crippen molar-refractivity contribution in [1.29, 1.82) is 0 Å². The summed E-state index contributed by atoms with van der Waals surface area (Å²) in [6, 6.07) is 2.43. The highest BCUT2D eigenvalue weighted by Crippen LogP contribution is 2.42. The first kappa shape index (κ1) is 18.0. The van der Waals surface area contributed by atoms with Crippen LogP contribution >= 0.6 is 0 Å². The predicted molar refractivity (Wildman–Crippen MR) is 92.3 cm³/mol. The Balaban J connectivity index is 2.36. The van der Waals surface area contributed by atoms with Gasteiger partial charge in [-0.15, -0.1) is 0 Å². The normalized spacial score (nSPS) is 17.9. The van der Waals surface area contributed by atoms with Crippen LogP contribution in [0.15, 0.2) is 6.07 Å². The molecule has 0 saturated heterocycles. The van der Waals surface area contributed by atoms with E-state index < -0.39 is 0 Å². The Bertz CT molecular complexity index is 519. The van der Waals surface area contributed by atoms with Crippen molar-refractivity contribution < 1.29 is 14.6 Å². The van der Waals surface area contributed by atoms with Crippen LogP contribution in [0.4, 0.5) is 0 Å². The predicted octanol–water partition coefficient (Wildman–Crippen LogP) is 2.11. The van der Waals surface area contributed by atoms with Crippen molar-refractivity contribution in [2.75, 3.05) is 40.5 Å². The summed E-state index contributed by atoms with van der Waals surface area (Å²) in [5.41, 5.74) is 3.66. The summed E-state index contributed by atoms with van der Waals surface area (Å²) < 4.78 is 11.4. The molecule has 2 rings (SSSR count). The summed E-state index contributed by atoms with van der Waals surface area (Å²) in [5, 5.41) is 12.3. The van der Waals surface area contributed by atoms with Gasteiger partial charge in [-0.25, -0.2) is 0 Å². The van der Waals surface area contributed by atoms with E-state index in [1.165, 1.54) is 11.1 Å². The molecule has 0 spiro atoms. The van der Waals surface area contributed by atoms with E-state index in [4.69, 9.17) is 14.6 Å². The lowest BCUT2D eigenvalue weighted by Crippen LogP contribution is -2.34. The first-order chi connectivity index (χ1) is 11.2. The summed E-state index contributed by atoms with van der Waals surface area (Å²) >= 11 is 0. The van der Waals surface area contributed by atoms with Crippen LogP contribution in [0.3, 0.4) is 0 Å². The molecule has 2 N–H and O–H groups in total. The highest BCUT2D eigenvalue weighted by atomic mass is 16.5. The molecule has 1 heterocycles. The van der Waals surface area contributed by atoms with Gasteiger partial charge in [0.1, 0.15) is 11.5 Å².